The second-order valence-corrected chi connectivity index (χ2v) is 4.50. The first-order valence-electron chi connectivity index (χ1n) is 6.24. The number of carboxylic acid groups (broad SMARTS) is 1. The monoisotopic (exact) mass is 285 g/mol. The van der Waals surface area contributed by atoms with E-state index in [1.165, 1.54) is 6.07 Å². The van der Waals surface area contributed by atoms with Crippen molar-refractivity contribution in [1.82, 2.24) is 0 Å². The molecule has 2 amide bonds. The number of nitrogen functional groups attached to an aromatic ring is 1. The molecular weight excluding hydrogens is 270 g/mol. The molecule has 5 N–H and O–H groups in total. The number of carbonyl (C=O) groups excluding carboxylic acids is 1. The fourth-order valence-electron chi connectivity index (χ4n) is 1.83. The number of urea groups is 1. The lowest BCUT2D eigenvalue weighted by molar-refractivity contribution is 0.0696. The molecule has 0 atom stereocenters. The number of amides is 2. The van der Waals surface area contributed by atoms with Crippen LogP contribution in [0.4, 0.5) is 21.9 Å². The number of carbonyl (C=O) groups is 2. The zero-order valence-electron chi connectivity index (χ0n) is 11.4. The maximum absolute atomic E-state index is 11.9. The number of aromatic carboxylic acids is 1. The van der Waals surface area contributed by atoms with Gasteiger partial charge in [-0.25, -0.2) is 9.59 Å². The quantitative estimate of drug-likeness (QED) is 0.651. The topological polar surface area (TPSA) is 104 Å². The molecule has 0 heterocycles. The zero-order valence-corrected chi connectivity index (χ0v) is 11.4. The molecule has 0 aliphatic heterocycles. The van der Waals surface area contributed by atoms with Crippen molar-refractivity contribution in [3.8, 4) is 0 Å². The summed E-state index contributed by atoms with van der Waals surface area (Å²) in [6.07, 6.45) is 0. The van der Waals surface area contributed by atoms with Crippen molar-refractivity contribution in [3.63, 3.8) is 0 Å². The Labute approximate surface area is 121 Å². The van der Waals surface area contributed by atoms with E-state index in [2.05, 4.69) is 10.6 Å². The van der Waals surface area contributed by atoms with Crippen LogP contribution in [0.15, 0.2) is 42.5 Å². The highest BCUT2D eigenvalue weighted by Gasteiger charge is 2.10. The van der Waals surface area contributed by atoms with E-state index in [4.69, 9.17) is 10.8 Å². The molecule has 0 aliphatic rings. The maximum Gasteiger partial charge on any atom is 0.336 e. The Bertz CT molecular complexity index is 698. The lowest BCUT2D eigenvalue weighted by Gasteiger charge is -2.10. The Hall–Kier alpha value is -3.02. The molecule has 0 radical (unpaired) electrons. The lowest BCUT2D eigenvalue weighted by atomic mass is 10.1. The van der Waals surface area contributed by atoms with Crippen LogP contribution in [0, 0.1) is 6.92 Å². The summed E-state index contributed by atoms with van der Waals surface area (Å²) in [6, 6.07) is 11.0. The first kappa shape index (κ1) is 14.4. The smallest absolute Gasteiger partial charge is 0.336 e. The molecule has 0 bridgehead atoms. The molecular formula is C15H15N3O3. The molecule has 0 fully saturated rings. The van der Waals surface area contributed by atoms with Gasteiger partial charge < -0.3 is 21.5 Å². The van der Waals surface area contributed by atoms with Gasteiger partial charge in [0.15, 0.2) is 0 Å². The number of hydrogen-bond acceptors (Lipinski definition) is 3. The number of carboxylic acids is 1. The van der Waals surface area contributed by atoms with Crippen molar-refractivity contribution in [2.24, 2.45) is 0 Å². The molecule has 21 heavy (non-hydrogen) atoms. The third-order valence-corrected chi connectivity index (χ3v) is 2.93. The van der Waals surface area contributed by atoms with Gasteiger partial charge in [0.05, 0.1) is 16.9 Å². The molecule has 0 unspecified atom stereocenters. The first-order chi connectivity index (χ1) is 9.97. The Kier molecular flexibility index (Phi) is 4.08. The zero-order chi connectivity index (χ0) is 15.4. The second-order valence-electron chi connectivity index (χ2n) is 4.50. The van der Waals surface area contributed by atoms with Crippen LogP contribution in [0.5, 0.6) is 0 Å². The number of nitrogens with two attached hydrogens (primary N) is 1. The van der Waals surface area contributed by atoms with Crippen molar-refractivity contribution in [1.29, 1.82) is 0 Å². The summed E-state index contributed by atoms with van der Waals surface area (Å²) in [5.74, 6) is -1.04. The molecule has 2 aromatic rings. The number of anilines is 3. The lowest BCUT2D eigenvalue weighted by Crippen LogP contribution is -2.20. The van der Waals surface area contributed by atoms with E-state index in [-0.39, 0.29) is 5.56 Å². The van der Waals surface area contributed by atoms with Crippen molar-refractivity contribution >= 4 is 29.1 Å². The van der Waals surface area contributed by atoms with Crippen LogP contribution in [-0.2, 0) is 0 Å². The number of para-hydroxylation sites is 2. The Morgan fingerprint density at radius 2 is 1.81 bits per heavy atom. The van der Waals surface area contributed by atoms with Gasteiger partial charge in [-0.05, 0) is 36.8 Å². The van der Waals surface area contributed by atoms with Gasteiger partial charge in [-0.2, -0.15) is 0 Å². The van der Waals surface area contributed by atoms with Crippen LogP contribution >= 0.6 is 0 Å². The van der Waals surface area contributed by atoms with Crippen molar-refractivity contribution in [2.45, 2.75) is 6.92 Å². The van der Waals surface area contributed by atoms with Gasteiger partial charge in [0.25, 0.3) is 0 Å². The summed E-state index contributed by atoms with van der Waals surface area (Å²) in [6.45, 7) is 1.69. The molecule has 2 aromatic carbocycles. The highest BCUT2D eigenvalue weighted by Crippen LogP contribution is 2.18. The second kappa shape index (κ2) is 5.96. The highest BCUT2D eigenvalue weighted by atomic mass is 16.4. The summed E-state index contributed by atoms with van der Waals surface area (Å²) in [4.78, 5) is 22.9. The SMILES string of the molecule is Cc1ccc(NC(=O)Nc2ccccc2N)cc1C(=O)O. The maximum atomic E-state index is 11.9. The minimum absolute atomic E-state index is 0.145. The van der Waals surface area contributed by atoms with Gasteiger partial charge in [-0.3, -0.25) is 0 Å². The number of rotatable bonds is 3. The van der Waals surface area contributed by atoms with Gasteiger partial charge in [0.2, 0.25) is 0 Å². The molecule has 2 rings (SSSR count). The van der Waals surface area contributed by atoms with Crippen LogP contribution < -0.4 is 16.4 Å². The van der Waals surface area contributed by atoms with Crippen LogP contribution in [-0.4, -0.2) is 17.1 Å². The molecule has 6 heteroatoms. The third kappa shape index (κ3) is 3.50. The number of benzene rings is 2. The minimum atomic E-state index is -1.04. The van der Waals surface area contributed by atoms with Crippen LogP contribution in [0.1, 0.15) is 15.9 Å². The van der Waals surface area contributed by atoms with E-state index in [1.54, 1.807) is 43.3 Å². The van der Waals surface area contributed by atoms with E-state index in [1.807, 2.05) is 0 Å². The van der Waals surface area contributed by atoms with E-state index in [9.17, 15) is 9.59 Å². The number of aryl methyl sites for hydroxylation is 1. The van der Waals surface area contributed by atoms with Crippen molar-refractivity contribution in [3.05, 3.63) is 53.6 Å². The largest absolute Gasteiger partial charge is 0.478 e. The summed E-state index contributed by atoms with van der Waals surface area (Å²) >= 11 is 0. The first-order valence-corrected chi connectivity index (χ1v) is 6.24. The van der Waals surface area contributed by atoms with Crippen LogP contribution in [0.2, 0.25) is 0 Å². The fourth-order valence-corrected chi connectivity index (χ4v) is 1.83. The summed E-state index contributed by atoms with van der Waals surface area (Å²) < 4.78 is 0. The molecule has 6 nitrogen and oxygen atoms in total. The molecule has 0 aliphatic carbocycles. The Morgan fingerprint density at radius 1 is 1.10 bits per heavy atom. The molecule has 0 spiro atoms. The number of hydrogen-bond donors (Lipinski definition) is 4. The van der Waals surface area contributed by atoms with Crippen molar-refractivity contribution < 1.29 is 14.7 Å². The van der Waals surface area contributed by atoms with E-state index in [0.717, 1.165) is 0 Å². The average Bonchev–Trinajstić information content (AvgIpc) is 2.43. The summed E-state index contributed by atoms with van der Waals surface area (Å²) in [7, 11) is 0. The fraction of sp³-hybridized carbons (Fsp3) is 0.0667. The van der Waals surface area contributed by atoms with Gasteiger partial charge in [0.1, 0.15) is 0 Å². The normalized spacial score (nSPS) is 9.95. The third-order valence-electron chi connectivity index (χ3n) is 2.93. The molecule has 0 saturated carbocycles. The Balaban J connectivity index is 2.12. The van der Waals surface area contributed by atoms with Gasteiger partial charge in [-0.1, -0.05) is 18.2 Å². The predicted octanol–water partition coefficient (Wildman–Crippen LogP) is 2.92. The molecule has 0 aromatic heterocycles. The molecule has 0 saturated heterocycles. The van der Waals surface area contributed by atoms with Gasteiger partial charge >= 0.3 is 12.0 Å². The summed E-state index contributed by atoms with van der Waals surface area (Å²) in [5, 5.41) is 14.2. The average molecular weight is 285 g/mol. The Morgan fingerprint density at radius 3 is 2.48 bits per heavy atom. The minimum Gasteiger partial charge on any atom is -0.478 e. The summed E-state index contributed by atoms with van der Waals surface area (Å²) in [5.41, 5.74) is 7.82. The van der Waals surface area contributed by atoms with Gasteiger partial charge in [-0.15, -0.1) is 0 Å². The molecule has 108 valence electrons. The highest BCUT2D eigenvalue weighted by molar-refractivity contribution is 6.02. The van der Waals surface area contributed by atoms with Crippen LogP contribution in [0.3, 0.4) is 0 Å². The van der Waals surface area contributed by atoms with E-state index >= 15 is 0 Å². The van der Waals surface area contributed by atoms with Crippen molar-refractivity contribution in [2.75, 3.05) is 16.4 Å². The predicted molar refractivity (Wildman–Crippen MR) is 81.6 cm³/mol. The van der Waals surface area contributed by atoms with E-state index in [0.29, 0.717) is 22.6 Å². The standard InChI is InChI=1S/C15H15N3O3/c1-9-6-7-10(8-11(9)14(19)20)17-15(21)18-13-5-3-2-4-12(13)16/h2-8H,16H2,1H3,(H,19,20)(H2,17,18,21). The number of nitrogens with one attached hydrogen (secondary N) is 2. The van der Waals surface area contributed by atoms with Crippen LogP contribution in [0.25, 0.3) is 0 Å². The van der Waals surface area contributed by atoms with E-state index < -0.39 is 12.0 Å². The van der Waals surface area contributed by atoms with Gasteiger partial charge in [0, 0.05) is 5.69 Å².